The van der Waals surface area contributed by atoms with Crippen molar-refractivity contribution < 1.29 is 14.7 Å². The van der Waals surface area contributed by atoms with Crippen molar-refractivity contribution in [1.82, 2.24) is 4.90 Å². The van der Waals surface area contributed by atoms with Gasteiger partial charge in [0.15, 0.2) is 0 Å². The summed E-state index contributed by atoms with van der Waals surface area (Å²) in [6, 6.07) is 8.52. The number of hydrogen-bond acceptors (Lipinski definition) is 2. The molecule has 0 atom stereocenters. The number of aliphatic carboxylic acids is 1. The van der Waals surface area contributed by atoms with Gasteiger partial charge in [-0.2, -0.15) is 0 Å². The van der Waals surface area contributed by atoms with E-state index >= 15 is 0 Å². The quantitative estimate of drug-likeness (QED) is 0.801. The molecule has 1 amide bonds. The zero-order valence-corrected chi connectivity index (χ0v) is 13.1. The maximum atomic E-state index is 11.8. The Labute approximate surface area is 126 Å². The SMILES string of the molecule is CC(C)c1ccc(CCCC(=O)N(C)CCC(=O)O)cc1. The van der Waals surface area contributed by atoms with Crippen molar-refractivity contribution in [3.8, 4) is 0 Å². The molecule has 0 bridgehead atoms. The van der Waals surface area contributed by atoms with Crippen LogP contribution >= 0.6 is 0 Å². The Hall–Kier alpha value is -1.84. The van der Waals surface area contributed by atoms with Gasteiger partial charge in [0.05, 0.1) is 6.42 Å². The second-order valence-corrected chi connectivity index (χ2v) is 5.71. The third-order valence-corrected chi connectivity index (χ3v) is 3.59. The van der Waals surface area contributed by atoms with Crippen LogP contribution in [0.2, 0.25) is 0 Å². The first-order valence-corrected chi connectivity index (χ1v) is 7.44. The summed E-state index contributed by atoms with van der Waals surface area (Å²) in [6.45, 7) is 4.61. The minimum Gasteiger partial charge on any atom is -0.481 e. The van der Waals surface area contributed by atoms with E-state index in [0.29, 0.717) is 12.3 Å². The zero-order chi connectivity index (χ0) is 15.8. The Bertz CT molecular complexity index is 465. The van der Waals surface area contributed by atoms with Gasteiger partial charge < -0.3 is 10.0 Å². The third kappa shape index (κ3) is 6.43. The molecule has 1 rings (SSSR count). The summed E-state index contributed by atoms with van der Waals surface area (Å²) in [4.78, 5) is 23.8. The van der Waals surface area contributed by atoms with E-state index < -0.39 is 5.97 Å². The first-order valence-electron chi connectivity index (χ1n) is 7.44. The van der Waals surface area contributed by atoms with Gasteiger partial charge in [0.25, 0.3) is 0 Å². The second-order valence-electron chi connectivity index (χ2n) is 5.71. The van der Waals surface area contributed by atoms with Crippen LogP contribution in [0, 0.1) is 0 Å². The van der Waals surface area contributed by atoms with E-state index in [9.17, 15) is 9.59 Å². The molecule has 4 heteroatoms. The molecular formula is C17H25NO3. The third-order valence-electron chi connectivity index (χ3n) is 3.59. The van der Waals surface area contributed by atoms with Crippen LogP contribution in [0.3, 0.4) is 0 Å². The fourth-order valence-electron chi connectivity index (χ4n) is 2.09. The highest BCUT2D eigenvalue weighted by molar-refractivity contribution is 5.76. The number of hydrogen-bond donors (Lipinski definition) is 1. The average Bonchev–Trinajstić information content (AvgIpc) is 2.45. The average molecular weight is 291 g/mol. The van der Waals surface area contributed by atoms with Gasteiger partial charge in [0.1, 0.15) is 0 Å². The molecule has 0 aliphatic rings. The van der Waals surface area contributed by atoms with Gasteiger partial charge in [-0.3, -0.25) is 9.59 Å². The van der Waals surface area contributed by atoms with E-state index in [1.165, 1.54) is 16.0 Å². The monoisotopic (exact) mass is 291 g/mol. The van der Waals surface area contributed by atoms with Crippen molar-refractivity contribution in [1.29, 1.82) is 0 Å². The van der Waals surface area contributed by atoms with Crippen molar-refractivity contribution >= 4 is 11.9 Å². The summed E-state index contributed by atoms with van der Waals surface area (Å²) in [5.74, 6) is -0.335. The molecule has 0 fully saturated rings. The van der Waals surface area contributed by atoms with Crippen LogP contribution in [0.5, 0.6) is 0 Å². The maximum Gasteiger partial charge on any atom is 0.305 e. The van der Waals surface area contributed by atoms with E-state index in [-0.39, 0.29) is 18.9 Å². The number of carboxylic acids is 1. The zero-order valence-electron chi connectivity index (χ0n) is 13.1. The minimum absolute atomic E-state index is 0.00109. The first kappa shape index (κ1) is 17.2. The van der Waals surface area contributed by atoms with Gasteiger partial charge in [0.2, 0.25) is 5.91 Å². The van der Waals surface area contributed by atoms with Crippen LogP contribution in [0.1, 0.15) is 50.2 Å². The Morgan fingerprint density at radius 2 is 1.76 bits per heavy atom. The highest BCUT2D eigenvalue weighted by Crippen LogP contribution is 2.15. The van der Waals surface area contributed by atoms with Crippen molar-refractivity contribution in [2.24, 2.45) is 0 Å². The molecule has 0 radical (unpaired) electrons. The van der Waals surface area contributed by atoms with Gasteiger partial charge >= 0.3 is 5.97 Å². The van der Waals surface area contributed by atoms with E-state index in [2.05, 4.69) is 38.1 Å². The molecule has 4 nitrogen and oxygen atoms in total. The highest BCUT2D eigenvalue weighted by atomic mass is 16.4. The number of carboxylic acid groups (broad SMARTS) is 1. The number of rotatable bonds is 8. The summed E-state index contributed by atoms with van der Waals surface area (Å²) in [5, 5.41) is 8.59. The van der Waals surface area contributed by atoms with Crippen LogP contribution in [0.15, 0.2) is 24.3 Å². The smallest absolute Gasteiger partial charge is 0.305 e. The highest BCUT2D eigenvalue weighted by Gasteiger charge is 2.10. The fraction of sp³-hybridized carbons (Fsp3) is 0.529. The summed E-state index contributed by atoms with van der Waals surface area (Å²) in [7, 11) is 1.66. The predicted molar refractivity (Wildman–Crippen MR) is 83.4 cm³/mol. The van der Waals surface area contributed by atoms with Gasteiger partial charge in [-0.05, 0) is 29.9 Å². The lowest BCUT2D eigenvalue weighted by atomic mass is 10.00. The Morgan fingerprint density at radius 3 is 2.29 bits per heavy atom. The molecule has 0 aliphatic carbocycles. The number of nitrogens with zero attached hydrogens (tertiary/aromatic N) is 1. The molecule has 0 spiro atoms. The molecule has 21 heavy (non-hydrogen) atoms. The van der Waals surface area contributed by atoms with Crippen molar-refractivity contribution in [2.75, 3.05) is 13.6 Å². The standard InChI is InChI=1S/C17H25NO3/c1-13(2)15-9-7-14(8-10-15)5-4-6-16(19)18(3)12-11-17(20)21/h7-10,13H,4-6,11-12H2,1-3H3,(H,20,21). The Kier molecular flexibility index (Phi) is 6.92. The molecular weight excluding hydrogens is 266 g/mol. The lowest BCUT2D eigenvalue weighted by Crippen LogP contribution is -2.28. The summed E-state index contributed by atoms with van der Waals surface area (Å²) < 4.78 is 0. The van der Waals surface area contributed by atoms with E-state index in [0.717, 1.165) is 12.8 Å². The minimum atomic E-state index is -0.875. The Morgan fingerprint density at radius 1 is 1.14 bits per heavy atom. The number of carbonyl (C=O) groups excluding carboxylic acids is 1. The summed E-state index contributed by atoms with van der Waals surface area (Å²) >= 11 is 0. The van der Waals surface area contributed by atoms with E-state index in [1.807, 2.05) is 0 Å². The lowest BCUT2D eigenvalue weighted by Gasteiger charge is -2.15. The number of aryl methyl sites for hydroxylation is 1. The van der Waals surface area contributed by atoms with Crippen molar-refractivity contribution in [2.45, 2.75) is 45.4 Å². The molecule has 1 N–H and O–H groups in total. The lowest BCUT2D eigenvalue weighted by molar-refractivity contribution is -0.138. The van der Waals surface area contributed by atoms with E-state index in [1.54, 1.807) is 7.05 Å². The van der Waals surface area contributed by atoms with Gasteiger partial charge in [-0.25, -0.2) is 0 Å². The molecule has 116 valence electrons. The molecule has 1 aromatic carbocycles. The van der Waals surface area contributed by atoms with Crippen LogP contribution in [-0.2, 0) is 16.0 Å². The molecule has 1 aromatic rings. The number of amides is 1. The molecule has 0 saturated carbocycles. The summed E-state index contributed by atoms with van der Waals surface area (Å²) in [6.07, 6.45) is 2.12. The normalized spacial score (nSPS) is 10.7. The number of benzene rings is 1. The van der Waals surface area contributed by atoms with Gasteiger partial charge in [-0.1, -0.05) is 38.1 Å². The predicted octanol–water partition coefficient (Wildman–Crippen LogP) is 3.07. The summed E-state index contributed by atoms with van der Waals surface area (Å²) in [5.41, 5.74) is 2.56. The van der Waals surface area contributed by atoms with Gasteiger partial charge in [-0.15, -0.1) is 0 Å². The van der Waals surface area contributed by atoms with Crippen LogP contribution in [-0.4, -0.2) is 35.5 Å². The molecule has 0 heterocycles. The maximum absolute atomic E-state index is 11.8. The molecule has 0 saturated heterocycles. The molecule has 0 aliphatic heterocycles. The van der Waals surface area contributed by atoms with Crippen molar-refractivity contribution in [3.05, 3.63) is 35.4 Å². The Balaban J connectivity index is 2.32. The van der Waals surface area contributed by atoms with E-state index in [4.69, 9.17) is 5.11 Å². The second kappa shape index (κ2) is 8.45. The molecule has 0 unspecified atom stereocenters. The van der Waals surface area contributed by atoms with Crippen LogP contribution in [0.25, 0.3) is 0 Å². The van der Waals surface area contributed by atoms with Crippen LogP contribution in [0.4, 0.5) is 0 Å². The van der Waals surface area contributed by atoms with Crippen molar-refractivity contribution in [3.63, 3.8) is 0 Å². The largest absolute Gasteiger partial charge is 0.481 e. The fourth-order valence-corrected chi connectivity index (χ4v) is 2.09. The molecule has 0 aromatic heterocycles. The number of carbonyl (C=O) groups is 2. The first-order chi connectivity index (χ1) is 9.90. The van der Waals surface area contributed by atoms with Crippen LogP contribution < -0.4 is 0 Å². The van der Waals surface area contributed by atoms with Gasteiger partial charge in [0, 0.05) is 20.0 Å². The topological polar surface area (TPSA) is 57.6 Å².